The van der Waals surface area contributed by atoms with E-state index in [-0.39, 0.29) is 5.78 Å². The van der Waals surface area contributed by atoms with Crippen LogP contribution in [-0.4, -0.2) is 5.78 Å². The fourth-order valence-corrected chi connectivity index (χ4v) is 1.93. The van der Waals surface area contributed by atoms with Gasteiger partial charge in [0, 0.05) is 10.0 Å². The number of benzene rings is 2. The van der Waals surface area contributed by atoms with Crippen LogP contribution in [0.4, 0.5) is 4.39 Å². The molecule has 0 bridgehead atoms. The fourth-order valence-electron chi connectivity index (χ4n) is 1.51. The van der Waals surface area contributed by atoms with Crippen molar-refractivity contribution in [2.24, 2.45) is 0 Å². The summed E-state index contributed by atoms with van der Waals surface area (Å²) in [5.74, 6) is -0.625. The van der Waals surface area contributed by atoms with E-state index in [1.54, 1.807) is 12.1 Å². The topological polar surface area (TPSA) is 17.1 Å². The highest BCUT2D eigenvalue weighted by Crippen LogP contribution is 2.17. The van der Waals surface area contributed by atoms with E-state index in [4.69, 9.17) is 0 Å². The molecule has 0 radical (unpaired) electrons. The van der Waals surface area contributed by atoms with Crippen molar-refractivity contribution in [2.45, 2.75) is 0 Å². The van der Waals surface area contributed by atoms with E-state index in [0.717, 1.165) is 10.0 Å². The van der Waals surface area contributed by atoms with Crippen LogP contribution in [-0.2, 0) is 0 Å². The summed E-state index contributed by atoms with van der Waals surface area (Å²) in [6, 6.07) is 13.2. The fraction of sp³-hybridized carbons (Fsp3) is 0. The van der Waals surface area contributed by atoms with Crippen LogP contribution in [0.3, 0.4) is 0 Å². The Morgan fingerprint density at radius 2 is 1.89 bits per heavy atom. The Morgan fingerprint density at radius 3 is 2.61 bits per heavy atom. The number of rotatable bonds is 3. The van der Waals surface area contributed by atoms with Crippen LogP contribution in [0.5, 0.6) is 0 Å². The lowest BCUT2D eigenvalue weighted by Gasteiger charge is -1.98. The summed E-state index contributed by atoms with van der Waals surface area (Å²) in [5, 5.41) is 0. The van der Waals surface area contributed by atoms with E-state index in [1.165, 1.54) is 24.3 Å². The van der Waals surface area contributed by atoms with Crippen molar-refractivity contribution in [1.29, 1.82) is 0 Å². The second-order valence-electron chi connectivity index (χ2n) is 3.73. The molecular weight excluding hydrogens is 295 g/mol. The largest absolute Gasteiger partial charge is 0.289 e. The smallest absolute Gasteiger partial charge is 0.185 e. The predicted octanol–water partition coefficient (Wildman–Crippen LogP) is 4.48. The monoisotopic (exact) mass is 304 g/mol. The maximum atomic E-state index is 13.0. The number of hydrogen-bond acceptors (Lipinski definition) is 1. The molecule has 2 rings (SSSR count). The highest BCUT2D eigenvalue weighted by molar-refractivity contribution is 9.10. The van der Waals surface area contributed by atoms with Gasteiger partial charge >= 0.3 is 0 Å². The second kappa shape index (κ2) is 5.74. The zero-order valence-corrected chi connectivity index (χ0v) is 11.0. The number of ketones is 1. The third-order valence-corrected chi connectivity index (χ3v) is 3.15. The molecule has 0 saturated heterocycles. The molecule has 0 aromatic heterocycles. The first-order chi connectivity index (χ1) is 8.66. The summed E-state index contributed by atoms with van der Waals surface area (Å²) in [7, 11) is 0. The van der Waals surface area contributed by atoms with Gasteiger partial charge in [0.2, 0.25) is 0 Å². The van der Waals surface area contributed by atoms with E-state index in [9.17, 15) is 9.18 Å². The molecular formula is C15H10BrFO. The SMILES string of the molecule is O=C(/C=C/c1ccccc1Br)c1cccc(F)c1. The van der Waals surface area contributed by atoms with Crippen LogP contribution in [0.2, 0.25) is 0 Å². The number of hydrogen-bond donors (Lipinski definition) is 0. The molecule has 0 N–H and O–H groups in total. The van der Waals surface area contributed by atoms with Crippen LogP contribution in [0.25, 0.3) is 6.08 Å². The minimum Gasteiger partial charge on any atom is -0.289 e. The van der Waals surface area contributed by atoms with E-state index >= 15 is 0 Å². The molecule has 0 heterocycles. The van der Waals surface area contributed by atoms with Crippen LogP contribution in [0.15, 0.2) is 59.1 Å². The first-order valence-corrected chi connectivity index (χ1v) is 6.18. The van der Waals surface area contributed by atoms with Crippen molar-refractivity contribution in [2.75, 3.05) is 0 Å². The lowest BCUT2D eigenvalue weighted by atomic mass is 10.1. The molecule has 0 aliphatic rings. The molecule has 0 amide bonds. The zero-order valence-electron chi connectivity index (χ0n) is 9.44. The highest BCUT2D eigenvalue weighted by Gasteiger charge is 2.02. The molecule has 1 nitrogen and oxygen atoms in total. The number of allylic oxidation sites excluding steroid dienone is 1. The first kappa shape index (κ1) is 12.7. The van der Waals surface area contributed by atoms with Gasteiger partial charge in [-0.05, 0) is 35.9 Å². The lowest BCUT2D eigenvalue weighted by molar-refractivity contribution is 0.104. The van der Waals surface area contributed by atoms with Gasteiger partial charge in [0.25, 0.3) is 0 Å². The molecule has 90 valence electrons. The summed E-state index contributed by atoms with van der Waals surface area (Å²) in [6.07, 6.45) is 3.15. The van der Waals surface area contributed by atoms with E-state index in [1.807, 2.05) is 24.3 Å². The third-order valence-electron chi connectivity index (χ3n) is 2.43. The standard InChI is InChI=1S/C15H10BrFO/c16-14-7-2-1-4-11(14)8-9-15(18)12-5-3-6-13(17)10-12/h1-10H/b9-8+. The Kier molecular flexibility index (Phi) is 4.05. The zero-order chi connectivity index (χ0) is 13.0. The molecule has 0 atom stereocenters. The average molecular weight is 305 g/mol. The molecule has 0 aliphatic carbocycles. The van der Waals surface area contributed by atoms with Crippen molar-refractivity contribution in [3.63, 3.8) is 0 Å². The summed E-state index contributed by atoms with van der Waals surface area (Å²) < 4.78 is 13.9. The first-order valence-electron chi connectivity index (χ1n) is 5.39. The number of carbonyl (C=O) groups is 1. The van der Waals surface area contributed by atoms with Gasteiger partial charge in [0.05, 0.1) is 0 Å². The van der Waals surface area contributed by atoms with Gasteiger partial charge < -0.3 is 0 Å². The third kappa shape index (κ3) is 3.14. The van der Waals surface area contributed by atoms with Gasteiger partial charge in [-0.25, -0.2) is 4.39 Å². The van der Waals surface area contributed by atoms with Crippen molar-refractivity contribution in [1.82, 2.24) is 0 Å². The Bertz CT molecular complexity index is 605. The van der Waals surface area contributed by atoms with Gasteiger partial charge in [-0.2, -0.15) is 0 Å². The number of carbonyl (C=O) groups excluding carboxylic acids is 1. The second-order valence-corrected chi connectivity index (χ2v) is 4.58. The van der Waals surface area contributed by atoms with Gasteiger partial charge in [0.15, 0.2) is 5.78 Å². The Labute approximate surface area is 113 Å². The van der Waals surface area contributed by atoms with Crippen LogP contribution in [0, 0.1) is 5.82 Å². The molecule has 2 aromatic rings. The van der Waals surface area contributed by atoms with Crippen molar-refractivity contribution in [3.05, 3.63) is 76.0 Å². The summed E-state index contributed by atoms with van der Waals surface area (Å²) in [5.41, 5.74) is 1.25. The van der Waals surface area contributed by atoms with Gasteiger partial charge in [-0.15, -0.1) is 0 Å². The molecule has 0 aliphatic heterocycles. The minimum atomic E-state index is -0.407. The lowest BCUT2D eigenvalue weighted by Crippen LogP contribution is -1.94. The Morgan fingerprint density at radius 1 is 1.11 bits per heavy atom. The van der Waals surface area contributed by atoms with Gasteiger partial charge in [-0.1, -0.05) is 46.3 Å². The van der Waals surface area contributed by atoms with Crippen LogP contribution in [0.1, 0.15) is 15.9 Å². The van der Waals surface area contributed by atoms with Crippen molar-refractivity contribution >= 4 is 27.8 Å². The molecule has 0 spiro atoms. The maximum absolute atomic E-state index is 13.0. The van der Waals surface area contributed by atoms with E-state index in [2.05, 4.69) is 15.9 Å². The maximum Gasteiger partial charge on any atom is 0.185 e. The van der Waals surface area contributed by atoms with Crippen LogP contribution < -0.4 is 0 Å². The molecule has 0 saturated carbocycles. The number of halogens is 2. The quantitative estimate of drug-likeness (QED) is 0.603. The summed E-state index contributed by atoms with van der Waals surface area (Å²) in [4.78, 5) is 11.8. The molecule has 2 aromatic carbocycles. The molecule has 18 heavy (non-hydrogen) atoms. The summed E-state index contributed by atoms with van der Waals surface area (Å²) >= 11 is 3.39. The molecule has 0 unspecified atom stereocenters. The van der Waals surface area contributed by atoms with E-state index < -0.39 is 5.82 Å². The average Bonchev–Trinajstić information content (AvgIpc) is 2.37. The highest BCUT2D eigenvalue weighted by atomic mass is 79.9. The predicted molar refractivity (Wildman–Crippen MR) is 73.9 cm³/mol. The van der Waals surface area contributed by atoms with Crippen molar-refractivity contribution < 1.29 is 9.18 Å². The van der Waals surface area contributed by atoms with Crippen LogP contribution >= 0.6 is 15.9 Å². The molecule has 0 fully saturated rings. The summed E-state index contributed by atoms with van der Waals surface area (Å²) in [6.45, 7) is 0. The minimum absolute atomic E-state index is 0.217. The Hall–Kier alpha value is -1.74. The molecule has 3 heteroatoms. The van der Waals surface area contributed by atoms with Gasteiger partial charge in [0.1, 0.15) is 5.82 Å². The normalized spacial score (nSPS) is 10.8. The van der Waals surface area contributed by atoms with Gasteiger partial charge in [-0.3, -0.25) is 4.79 Å². The van der Waals surface area contributed by atoms with E-state index in [0.29, 0.717) is 5.56 Å². The van der Waals surface area contributed by atoms with Crippen molar-refractivity contribution in [3.8, 4) is 0 Å². The Balaban J connectivity index is 2.20.